The molecule has 1 N–H and O–H groups in total. The molecule has 1 saturated heterocycles. The Morgan fingerprint density at radius 3 is 2.78 bits per heavy atom. The smallest absolute Gasteiger partial charge is 0.350 e. The van der Waals surface area contributed by atoms with Gasteiger partial charge in [-0.2, -0.15) is 0 Å². The third-order valence-electron chi connectivity index (χ3n) is 6.23. The molecular weight excluding hydrogens is 516 g/mol. The first kappa shape index (κ1) is 25.0. The number of nitrogens with zero attached hydrogens (tertiary/aromatic N) is 2. The zero-order valence-electron chi connectivity index (χ0n) is 20.3. The molecule has 2 aromatic carbocycles. The minimum atomic E-state index is -1.01. The van der Waals surface area contributed by atoms with Crippen molar-refractivity contribution in [3.05, 3.63) is 80.3 Å². The number of aliphatic hydroxyl groups excluding tert-OH is 1. The number of hydrogen-bond acceptors (Lipinski definition) is 8. The van der Waals surface area contributed by atoms with Crippen molar-refractivity contribution in [1.29, 1.82) is 0 Å². The summed E-state index contributed by atoms with van der Waals surface area (Å²) in [7, 11) is 0. The minimum Gasteiger partial charge on any atom is -0.507 e. The summed E-state index contributed by atoms with van der Waals surface area (Å²) in [6.45, 7) is 5.46. The predicted octanol–water partition coefficient (Wildman–Crippen LogP) is 5.23. The van der Waals surface area contributed by atoms with Crippen molar-refractivity contribution in [3.8, 4) is 5.75 Å². The number of ether oxygens (including phenoxy) is 2. The first-order chi connectivity index (χ1) is 17.7. The van der Waals surface area contributed by atoms with Gasteiger partial charge in [0.25, 0.3) is 5.78 Å². The van der Waals surface area contributed by atoms with Gasteiger partial charge in [0.05, 0.1) is 23.9 Å². The van der Waals surface area contributed by atoms with Gasteiger partial charge >= 0.3 is 11.9 Å². The van der Waals surface area contributed by atoms with Crippen molar-refractivity contribution in [3.63, 3.8) is 0 Å². The Morgan fingerprint density at radius 2 is 2.05 bits per heavy atom. The van der Waals surface area contributed by atoms with E-state index in [0.717, 1.165) is 22.6 Å². The molecule has 2 aliphatic rings. The Hall–Kier alpha value is -3.69. The Bertz CT molecular complexity index is 1480. The second-order valence-corrected chi connectivity index (χ2v) is 10.2. The molecule has 0 bridgehead atoms. The lowest BCUT2D eigenvalue weighted by atomic mass is 9.94. The molecule has 2 atom stereocenters. The van der Waals surface area contributed by atoms with Crippen LogP contribution >= 0.6 is 22.9 Å². The van der Waals surface area contributed by atoms with Crippen molar-refractivity contribution in [2.24, 2.45) is 0 Å². The largest absolute Gasteiger partial charge is 0.507 e. The van der Waals surface area contributed by atoms with Crippen LogP contribution in [0.4, 0.5) is 5.13 Å². The lowest BCUT2D eigenvalue weighted by molar-refractivity contribution is -0.132. The van der Waals surface area contributed by atoms with Crippen LogP contribution in [-0.4, -0.2) is 40.5 Å². The molecule has 10 heteroatoms. The molecule has 1 fully saturated rings. The summed E-state index contributed by atoms with van der Waals surface area (Å²) in [4.78, 5) is 45.1. The zero-order valence-corrected chi connectivity index (χ0v) is 21.9. The number of rotatable bonds is 5. The quantitative estimate of drug-likeness (QED) is 0.205. The summed E-state index contributed by atoms with van der Waals surface area (Å²) in [5.74, 6) is -1.88. The van der Waals surface area contributed by atoms with Crippen LogP contribution in [0.15, 0.2) is 48.0 Å². The molecule has 3 aromatic rings. The highest BCUT2D eigenvalue weighted by Gasteiger charge is 2.48. The molecule has 1 aromatic heterocycles. The molecule has 0 spiro atoms. The Morgan fingerprint density at radius 1 is 1.27 bits per heavy atom. The number of aromatic nitrogens is 1. The third-order valence-corrected chi connectivity index (χ3v) is 7.60. The topological polar surface area (TPSA) is 106 Å². The fraction of sp³-hybridized carbons (Fsp3) is 0.259. The summed E-state index contributed by atoms with van der Waals surface area (Å²) in [5, 5.41) is 11.9. The van der Waals surface area contributed by atoms with E-state index in [1.807, 2.05) is 6.92 Å². The average Bonchev–Trinajstić information content (AvgIpc) is 3.51. The number of amides is 1. The normalized spacial score (nSPS) is 20.2. The maximum atomic E-state index is 13.4. The van der Waals surface area contributed by atoms with E-state index in [1.54, 1.807) is 56.3 Å². The molecule has 0 radical (unpaired) electrons. The highest BCUT2D eigenvalue weighted by Crippen LogP contribution is 2.44. The number of hydrogen-bond donors (Lipinski definition) is 1. The third kappa shape index (κ3) is 4.38. The first-order valence-electron chi connectivity index (χ1n) is 11.7. The maximum Gasteiger partial charge on any atom is 0.350 e. The van der Waals surface area contributed by atoms with Crippen molar-refractivity contribution >= 4 is 51.5 Å². The van der Waals surface area contributed by atoms with Crippen LogP contribution in [0.3, 0.4) is 0 Å². The summed E-state index contributed by atoms with van der Waals surface area (Å²) in [5.41, 5.74) is 2.09. The van der Waals surface area contributed by atoms with Crippen LogP contribution in [-0.2, 0) is 20.7 Å². The number of thiazole rings is 1. The number of anilines is 1. The number of Topliss-reactive ketones (excluding diaryl/α,β-unsaturated/α-hetero) is 1. The van der Waals surface area contributed by atoms with Crippen LogP contribution in [0.5, 0.6) is 5.75 Å². The molecule has 8 nitrogen and oxygen atoms in total. The van der Waals surface area contributed by atoms with Gasteiger partial charge in [-0.3, -0.25) is 14.5 Å². The van der Waals surface area contributed by atoms with Crippen LogP contribution in [0.25, 0.3) is 5.76 Å². The van der Waals surface area contributed by atoms with Crippen LogP contribution in [0, 0.1) is 6.92 Å². The molecule has 2 aliphatic heterocycles. The van der Waals surface area contributed by atoms with Crippen molar-refractivity contribution in [2.75, 3.05) is 11.5 Å². The first-order valence-corrected chi connectivity index (χ1v) is 12.9. The SMILES string of the molecule is CCOC(=O)c1sc(N2C(=O)C(=O)/C(=C(/O)c3ccc4c(c3)C[C@@H](C)O4)[C@H]2c2cccc(Cl)c2)nc1C. The van der Waals surface area contributed by atoms with Crippen molar-refractivity contribution < 1.29 is 29.0 Å². The number of carbonyl (C=O) groups excluding carboxylic acids is 3. The van der Waals surface area contributed by atoms with Crippen LogP contribution < -0.4 is 9.64 Å². The van der Waals surface area contributed by atoms with E-state index in [0.29, 0.717) is 28.3 Å². The van der Waals surface area contributed by atoms with Gasteiger partial charge in [-0.25, -0.2) is 9.78 Å². The van der Waals surface area contributed by atoms with Crippen LogP contribution in [0.2, 0.25) is 5.02 Å². The molecule has 0 unspecified atom stereocenters. The van der Waals surface area contributed by atoms with Gasteiger partial charge in [0.2, 0.25) is 0 Å². The van der Waals surface area contributed by atoms with Gasteiger partial charge in [0.1, 0.15) is 22.5 Å². The number of benzene rings is 2. The average molecular weight is 539 g/mol. The second kappa shape index (κ2) is 9.64. The van der Waals surface area contributed by atoms with E-state index in [4.69, 9.17) is 21.1 Å². The van der Waals surface area contributed by atoms with Crippen LogP contribution in [0.1, 0.15) is 51.9 Å². The number of fused-ring (bicyclic) bond motifs is 1. The summed E-state index contributed by atoms with van der Waals surface area (Å²) >= 11 is 7.22. The van der Waals surface area contributed by atoms with E-state index >= 15 is 0 Å². The van der Waals surface area contributed by atoms with E-state index in [1.165, 1.54) is 4.90 Å². The number of halogens is 1. The van der Waals surface area contributed by atoms with Gasteiger partial charge in [0, 0.05) is 17.0 Å². The van der Waals surface area contributed by atoms with Crippen molar-refractivity contribution in [2.45, 2.75) is 39.3 Å². The number of esters is 1. The highest BCUT2D eigenvalue weighted by molar-refractivity contribution is 7.17. The van der Waals surface area contributed by atoms with Gasteiger partial charge < -0.3 is 14.6 Å². The Labute approximate surface area is 222 Å². The monoisotopic (exact) mass is 538 g/mol. The van der Waals surface area contributed by atoms with Gasteiger partial charge in [0.15, 0.2) is 5.13 Å². The number of aliphatic hydroxyl groups is 1. The predicted molar refractivity (Wildman–Crippen MR) is 139 cm³/mol. The molecule has 190 valence electrons. The van der Waals surface area contributed by atoms with E-state index < -0.39 is 23.7 Å². The van der Waals surface area contributed by atoms with Gasteiger partial charge in [-0.15, -0.1) is 0 Å². The molecule has 5 rings (SSSR count). The standard InChI is InChI=1S/C27H23ClN2O6S/c1-4-35-26(34)24-14(3)29-27(37-24)30-21(15-6-5-7-18(28)12-15)20(23(32)25(30)33)22(31)16-8-9-19-17(11-16)10-13(2)36-19/h5-9,11-13,21,31H,4,10H2,1-3H3/b22-20+/t13-,21-/m1/s1. The second-order valence-electron chi connectivity index (χ2n) is 8.81. The molecule has 3 heterocycles. The molecule has 0 aliphatic carbocycles. The molecule has 0 saturated carbocycles. The summed E-state index contributed by atoms with van der Waals surface area (Å²) < 4.78 is 10.9. The lowest BCUT2D eigenvalue weighted by Gasteiger charge is -2.23. The number of carbonyl (C=O) groups is 3. The van der Waals surface area contributed by atoms with Gasteiger partial charge in [-0.05, 0) is 62.2 Å². The highest BCUT2D eigenvalue weighted by atomic mass is 35.5. The Kier molecular flexibility index (Phi) is 6.51. The van der Waals surface area contributed by atoms with Crippen molar-refractivity contribution in [1.82, 2.24) is 4.98 Å². The zero-order chi connectivity index (χ0) is 26.4. The van der Waals surface area contributed by atoms with E-state index in [-0.39, 0.29) is 34.1 Å². The minimum absolute atomic E-state index is 0.00572. The number of ketones is 1. The Balaban J connectivity index is 1.67. The number of aryl methyl sites for hydroxylation is 1. The summed E-state index contributed by atoms with van der Waals surface area (Å²) in [6, 6.07) is 10.9. The molecular formula is C27H23ClN2O6S. The lowest BCUT2D eigenvalue weighted by Crippen LogP contribution is -2.29. The summed E-state index contributed by atoms with van der Waals surface area (Å²) in [6.07, 6.45) is 0.670. The fourth-order valence-corrected chi connectivity index (χ4v) is 5.80. The fourth-order valence-electron chi connectivity index (χ4n) is 4.62. The maximum absolute atomic E-state index is 13.4. The van der Waals surface area contributed by atoms with E-state index in [9.17, 15) is 19.5 Å². The molecule has 37 heavy (non-hydrogen) atoms. The van der Waals surface area contributed by atoms with Gasteiger partial charge in [-0.1, -0.05) is 35.1 Å². The molecule has 1 amide bonds. The van der Waals surface area contributed by atoms with E-state index in [2.05, 4.69) is 4.98 Å².